The fourth-order valence-electron chi connectivity index (χ4n) is 4.49. The summed E-state index contributed by atoms with van der Waals surface area (Å²) in [5.74, 6) is -0.288. The second-order valence-electron chi connectivity index (χ2n) is 8.03. The van der Waals surface area contributed by atoms with E-state index < -0.39 is 0 Å². The number of nitrogens with zero attached hydrogens (tertiary/aromatic N) is 3. The van der Waals surface area contributed by atoms with E-state index in [4.69, 9.17) is 5.10 Å². The fourth-order valence-corrected chi connectivity index (χ4v) is 4.49. The molecule has 0 bridgehead atoms. The normalized spacial score (nSPS) is 13.4. The Balaban J connectivity index is 1.54. The molecule has 5 nitrogen and oxygen atoms in total. The van der Waals surface area contributed by atoms with Crippen LogP contribution in [0, 0.1) is 0 Å². The third kappa shape index (κ3) is 3.13. The monoisotopic (exact) mass is 429 g/mol. The Kier molecular flexibility index (Phi) is 4.40. The minimum absolute atomic E-state index is 0.0485. The first-order chi connectivity index (χ1) is 16.2. The highest BCUT2D eigenvalue weighted by molar-refractivity contribution is 6.23. The first-order valence-corrected chi connectivity index (χ1v) is 10.8. The van der Waals surface area contributed by atoms with Crippen molar-refractivity contribution in [1.82, 2.24) is 14.8 Å². The van der Waals surface area contributed by atoms with Crippen LogP contribution in [0.4, 0.5) is 0 Å². The number of fused-ring (bicyclic) bond motifs is 2. The molecule has 3 aromatic carbocycles. The second kappa shape index (κ2) is 7.57. The zero-order valence-electron chi connectivity index (χ0n) is 17.6. The summed E-state index contributed by atoms with van der Waals surface area (Å²) in [6.07, 6.45) is 1.95. The molecule has 0 unspecified atom stereocenters. The third-order valence-electron chi connectivity index (χ3n) is 6.01. The van der Waals surface area contributed by atoms with Gasteiger partial charge in [0.05, 0.1) is 16.8 Å². The summed E-state index contributed by atoms with van der Waals surface area (Å²) < 4.78 is 1.45. The van der Waals surface area contributed by atoms with E-state index in [1.165, 1.54) is 4.68 Å². The smallest absolute Gasteiger partial charge is 0.282 e. The standard InChI is InChI=1S/C28H19N3O2/c32-24-17-23-25(18-8-3-1-4-9-18)27(19-10-5-2-6-11-19)30-31(23)28(33)26(24)21-13-14-22-20(16-21)12-7-15-29-22/h1-16,32H,17H2. The predicted octanol–water partition coefficient (Wildman–Crippen LogP) is 5.93. The van der Waals surface area contributed by atoms with E-state index in [-0.39, 0.29) is 23.7 Å². The molecule has 0 aliphatic carbocycles. The van der Waals surface area contributed by atoms with Gasteiger partial charge in [0.25, 0.3) is 5.91 Å². The summed E-state index contributed by atoms with van der Waals surface area (Å²) in [5.41, 5.74) is 5.92. The van der Waals surface area contributed by atoms with E-state index in [9.17, 15) is 9.90 Å². The molecule has 158 valence electrons. The molecule has 5 heteroatoms. The van der Waals surface area contributed by atoms with Crippen LogP contribution < -0.4 is 0 Å². The summed E-state index contributed by atoms with van der Waals surface area (Å²) >= 11 is 0. The van der Waals surface area contributed by atoms with E-state index in [2.05, 4.69) is 4.98 Å². The molecule has 0 fully saturated rings. The number of aliphatic hydroxyl groups excluding tert-OH is 1. The topological polar surface area (TPSA) is 68.0 Å². The lowest BCUT2D eigenvalue weighted by atomic mass is 9.93. The molecule has 3 heterocycles. The molecular formula is C28H19N3O2. The van der Waals surface area contributed by atoms with Gasteiger partial charge in [-0.25, -0.2) is 0 Å². The Labute approximate surface area is 190 Å². The van der Waals surface area contributed by atoms with Crippen LogP contribution in [0.5, 0.6) is 0 Å². The molecule has 33 heavy (non-hydrogen) atoms. The number of allylic oxidation sites excluding steroid dienone is 2. The largest absolute Gasteiger partial charge is 0.511 e. The lowest BCUT2D eigenvalue weighted by Gasteiger charge is -2.18. The Morgan fingerprint density at radius 2 is 1.52 bits per heavy atom. The molecule has 6 rings (SSSR count). The van der Waals surface area contributed by atoms with Crippen LogP contribution in [0.3, 0.4) is 0 Å². The molecule has 0 spiro atoms. The van der Waals surface area contributed by atoms with Gasteiger partial charge in [0.15, 0.2) is 0 Å². The molecule has 5 aromatic rings. The molecule has 1 aliphatic heterocycles. The van der Waals surface area contributed by atoms with Gasteiger partial charge < -0.3 is 5.11 Å². The summed E-state index contributed by atoms with van der Waals surface area (Å²) in [7, 11) is 0. The molecule has 2 aromatic heterocycles. The number of carbonyl (C=O) groups is 1. The molecule has 1 N–H and O–H groups in total. The predicted molar refractivity (Wildman–Crippen MR) is 129 cm³/mol. The maximum Gasteiger partial charge on any atom is 0.282 e. The van der Waals surface area contributed by atoms with Crippen LogP contribution in [0.2, 0.25) is 0 Å². The minimum Gasteiger partial charge on any atom is -0.511 e. The molecule has 0 saturated carbocycles. The Morgan fingerprint density at radius 3 is 2.27 bits per heavy atom. The van der Waals surface area contributed by atoms with Gasteiger partial charge in [-0.05, 0) is 29.3 Å². The number of benzene rings is 3. The summed E-state index contributed by atoms with van der Waals surface area (Å²) in [5, 5.41) is 16.7. The number of aliphatic hydroxyl groups is 1. The Bertz CT molecular complexity index is 1550. The van der Waals surface area contributed by atoms with Crippen molar-refractivity contribution in [2.45, 2.75) is 6.42 Å². The van der Waals surface area contributed by atoms with Crippen molar-refractivity contribution in [2.75, 3.05) is 0 Å². The number of carbonyl (C=O) groups excluding carboxylic acids is 1. The average molecular weight is 429 g/mol. The Morgan fingerprint density at radius 1 is 0.788 bits per heavy atom. The van der Waals surface area contributed by atoms with Crippen molar-refractivity contribution in [2.24, 2.45) is 0 Å². The number of aromatic nitrogens is 3. The first kappa shape index (κ1) is 19.2. The van der Waals surface area contributed by atoms with Crippen LogP contribution in [0.1, 0.15) is 16.1 Å². The summed E-state index contributed by atoms with van der Waals surface area (Å²) in [6.45, 7) is 0. The molecule has 1 aliphatic rings. The van der Waals surface area contributed by atoms with Crippen molar-refractivity contribution in [3.05, 3.63) is 114 Å². The summed E-state index contributed by atoms with van der Waals surface area (Å²) in [6, 6.07) is 29.1. The highest BCUT2D eigenvalue weighted by Gasteiger charge is 2.32. The second-order valence-corrected chi connectivity index (χ2v) is 8.03. The lowest BCUT2D eigenvalue weighted by Crippen LogP contribution is -2.24. The zero-order valence-corrected chi connectivity index (χ0v) is 17.6. The Hall–Kier alpha value is -4.51. The van der Waals surface area contributed by atoms with Crippen LogP contribution in [-0.2, 0) is 6.42 Å². The first-order valence-electron chi connectivity index (χ1n) is 10.8. The summed E-state index contributed by atoms with van der Waals surface area (Å²) in [4.78, 5) is 18.0. The van der Waals surface area contributed by atoms with Crippen LogP contribution in [-0.4, -0.2) is 25.8 Å². The van der Waals surface area contributed by atoms with Crippen LogP contribution in [0.15, 0.2) is 103 Å². The van der Waals surface area contributed by atoms with Gasteiger partial charge in [0.2, 0.25) is 0 Å². The van der Waals surface area contributed by atoms with Gasteiger partial charge in [0.1, 0.15) is 11.5 Å². The van der Waals surface area contributed by atoms with Crippen LogP contribution in [0.25, 0.3) is 38.9 Å². The van der Waals surface area contributed by atoms with Crippen molar-refractivity contribution in [3.63, 3.8) is 0 Å². The zero-order chi connectivity index (χ0) is 22.4. The van der Waals surface area contributed by atoms with Gasteiger partial charge in [-0.3, -0.25) is 9.78 Å². The number of pyridine rings is 1. The van der Waals surface area contributed by atoms with Crippen molar-refractivity contribution in [1.29, 1.82) is 0 Å². The molecule has 0 amide bonds. The highest BCUT2D eigenvalue weighted by Crippen LogP contribution is 2.39. The van der Waals surface area contributed by atoms with E-state index in [1.54, 1.807) is 6.20 Å². The number of hydrogen-bond acceptors (Lipinski definition) is 4. The lowest BCUT2D eigenvalue weighted by molar-refractivity contribution is 0.0953. The maximum atomic E-state index is 13.7. The van der Waals surface area contributed by atoms with Gasteiger partial charge in [-0.15, -0.1) is 0 Å². The van der Waals surface area contributed by atoms with Gasteiger partial charge in [0, 0.05) is 29.1 Å². The third-order valence-corrected chi connectivity index (χ3v) is 6.01. The van der Waals surface area contributed by atoms with Crippen molar-refractivity contribution >= 4 is 22.4 Å². The molecular weight excluding hydrogens is 410 g/mol. The van der Waals surface area contributed by atoms with E-state index in [0.717, 1.165) is 33.3 Å². The van der Waals surface area contributed by atoms with Crippen molar-refractivity contribution in [3.8, 4) is 22.4 Å². The van der Waals surface area contributed by atoms with Gasteiger partial charge in [-0.1, -0.05) is 72.8 Å². The van der Waals surface area contributed by atoms with E-state index in [0.29, 0.717) is 11.3 Å². The quantitative estimate of drug-likeness (QED) is 0.386. The van der Waals surface area contributed by atoms with Crippen molar-refractivity contribution < 1.29 is 9.90 Å². The highest BCUT2D eigenvalue weighted by atomic mass is 16.3. The molecule has 0 atom stereocenters. The van der Waals surface area contributed by atoms with E-state index >= 15 is 0 Å². The number of rotatable bonds is 3. The maximum absolute atomic E-state index is 13.7. The van der Waals surface area contributed by atoms with E-state index in [1.807, 2.05) is 91.0 Å². The van der Waals surface area contributed by atoms with Gasteiger partial charge >= 0.3 is 0 Å². The SMILES string of the molecule is O=C1C(c2ccc3ncccc3c2)=C(O)Cc2c(-c3ccccc3)c(-c3ccccc3)nn21. The fraction of sp³-hybridized carbons (Fsp3) is 0.0357. The molecule has 0 radical (unpaired) electrons. The minimum atomic E-state index is -0.337. The van der Waals surface area contributed by atoms with Gasteiger partial charge in [-0.2, -0.15) is 9.78 Å². The average Bonchev–Trinajstić information content (AvgIpc) is 3.24. The molecule has 0 saturated heterocycles. The number of hydrogen-bond donors (Lipinski definition) is 1. The van der Waals surface area contributed by atoms with Crippen LogP contribution >= 0.6 is 0 Å².